The number of aryl methyl sites for hydroxylation is 1. The van der Waals surface area contributed by atoms with Gasteiger partial charge in [-0.2, -0.15) is 0 Å². The maximum atomic E-state index is 13.3. The lowest BCUT2D eigenvalue weighted by Gasteiger charge is -2.63. The number of fused-ring (bicyclic) bond motifs is 1. The molecule has 9 nitrogen and oxygen atoms in total. The largest absolute Gasteiger partial charge is 0.465 e. The van der Waals surface area contributed by atoms with E-state index in [0.29, 0.717) is 31.3 Å². The molecule has 1 aromatic heterocycles. The van der Waals surface area contributed by atoms with Gasteiger partial charge in [-0.15, -0.1) is 0 Å². The predicted molar refractivity (Wildman–Crippen MR) is 135 cm³/mol. The first kappa shape index (κ1) is 24.6. The average Bonchev–Trinajstić information content (AvgIpc) is 3.03. The number of carbonyl (C=O) groups is 3. The topological polar surface area (TPSA) is 114 Å². The lowest BCUT2D eigenvalue weighted by Crippen LogP contribution is -2.59. The fourth-order valence-electron chi connectivity index (χ4n) is 7.78. The maximum absolute atomic E-state index is 13.3. The zero-order chi connectivity index (χ0) is 26.0. The fraction of sp³-hybridized carbons (Fsp3) is 0.630. The van der Waals surface area contributed by atoms with Crippen molar-refractivity contribution in [3.05, 3.63) is 34.2 Å². The van der Waals surface area contributed by atoms with Crippen LogP contribution in [0, 0.1) is 22.7 Å². The highest BCUT2D eigenvalue weighted by Crippen LogP contribution is 2.64. The van der Waals surface area contributed by atoms with E-state index < -0.39 is 18.0 Å². The fourth-order valence-corrected chi connectivity index (χ4v) is 7.78. The Hall–Kier alpha value is -3.10. The summed E-state index contributed by atoms with van der Waals surface area (Å²) in [7, 11) is 1.75. The van der Waals surface area contributed by atoms with E-state index in [4.69, 9.17) is 0 Å². The number of amides is 3. The van der Waals surface area contributed by atoms with Gasteiger partial charge in [-0.05, 0) is 66.4 Å². The van der Waals surface area contributed by atoms with Gasteiger partial charge < -0.3 is 10.0 Å². The van der Waals surface area contributed by atoms with Gasteiger partial charge in [0.15, 0.2) is 0 Å². The molecule has 3 aliphatic rings. The van der Waals surface area contributed by atoms with Gasteiger partial charge in [0, 0.05) is 26.6 Å². The highest BCUT2D eigenvalue weighted by Gasteiger charge is 2.58. The van der Waals surface area contributed by atoms with Gasteiger partial charge in [-0.1, -0.05) is 32.9 Å². The molecule has 2 N–H and O–H groups in total. The van der Waals surface area contributed by atoms with E-state index in [1.165, 1.54) is 4.90 Å². The van der Waals surface area contributed by atoms with E-state index in [1.807, 2.05) is 12.1 Å². The summed E-state index contributed by atoms with van der Waals surface area (Å²) >= 11 is 0. The molecule has 1 spiro atoms. The summed E-state index contributed by atoms with van der Waals surface area (Å²) < 4.78 is 3.19. The average molecular weight is 497 g/mol. The molecule has 3 atom stereocenters. The number of nitrogens with one attached hydrogen (secondary N) is 1. The third-order valence-corrected chi connectivity index (χ3v) is 8.95. The first-order valence-electron chi connectivity index (χ1n) is 12.9. The van der Waals surface area contributed by atoms with E-state index in [2.05, 4.69) is 32.2 Å². The summed E-state index contributed by atoms with van der Waals surface area (Å²) in [5.74, 6) is 0.158. The lowest BCUT2D eigenvalue weighted by molar-refractivity contribution is -0.136. The van der Waals surface area contributed by atoms with Crippen LogP contribution in [0.15, 0.2) is 23.0 Å². The lowest BCUT2D eigenvalue weighted by atomic mass is 9.43. The number of para-hydroxylation sites is 1. The van der Waals surface area contributed by atoms with Gasteiger partial charge in [-0.3, -0.25) is 24.0 Å². The number of rotatable bonds is 3. The maximum Gasteiger partial charge on any atom is 0.407 e. The quantitative estimate of drug-likeness (QED) is 0.633. The van der Waals surface area contributed by atoms with E-state index in [1.54, 1.807) is 16.2 Å². The number of aromatic nitrogens is 2. The second-order valence-electron chi connectivity index (χ2n) is 12.1. The van der Waals surface area contributed by atoms with Crippen LogP contribution in [0.1, 0.15) is 64.5 Å². The van der Waals surface area contributed by atoms with Crippen molar-refractivity contribution in [1.29, 1.82) is 0 Å². The number of hydrogen-bond donors (Lipinski definition) is 2. The number of nitrogens with zero attached hydrogens (tertiary/aromatic N) is 3. The van der Waals surface area contributed by atoms with Crippen molar-refractivity contribution in [3.63, 3.8) is 0 Å². The molecule has 194 valence electrons. The van der Waals surface area contributed by atoms with Crippen molar-refractivity contribution in [3.8, 4) is 0 Å². The van der Waals surface area contributed by atoms with E-state index in [-0.39, 0.29) is 28.8 Å². The molecule has 3 fully saturated rings. The van der Waals surface area contributed by atoms with Gasteiger partial charge in [-0.25, -0.2) is 9.59 Å². The molecule has 36 heavy (non-hydrogen) atoms. The third-order valence-electron chi connectivity index (χ3n) is 8.95. The van der Waals surface area contributed by atoms with Gasteiger partial charge in [0.1, 0.15) is 6.04 Å². The zero-order valence-electron chi connectivity index (χ0n) is 21.5. The molecular weight excluding hydrogens is 460 g/mol. The van der Waals surface area contributed by atoms with Crippen LogP contribution in [0.5, 0.6) is 0 Å². The van der Waals surface area contributed by atoms with Gasteiger partial charge in [0.25, 0.3) is 0 Å². The van der Waals surface area contributed by atoms with Crippen LogP contribution in [0.2, 0.25) is 0 Å². The van der Waals surface area contributed by atoms with E-state index >= 15 is 0 Å². The molecule has 9 heteroatoms. The van der Waals surface area contributed by atoms with Gasteiger partial charge >= 0.3 is 11.8 Å². The number of carbonyl (C=O) groups excluding carboxylic acids is 2. The minimum absolute atomic E-state index is 0.0761. The Morgan fingerprint density at radius 2 is 1.86 bits per heavy atom. The summed E-state index contributed by atoms with van der Waals surface area (Å²) in [6, 6.07) is 5.22. The molecule has 1 saturated carbocycles. The number of imidazole rings is 1. The number of imide groups is 1. The predicted octanol–water partition coefficient (Wildman–Crippen LogP) is 3.30. The highest BCUT2D eigenvalue weighted by molar-refractivity contribution is 6.00. The molecule has 1 aromatic carbocycles. The highest BCUT2D eigenvalue weighted by atomic mass is 16.4. The molecule has 0 radical (unpaired) electrons. The first-order valence-corrected chi connectivity index (χ1v) is 12.9. The number of carboxylic acid groups (broad SMARTS) is 1. The van der Waals surface area contributed by atoms with Gasteiger partial charge in [0.05, 0.1) is 11.0 Å². The van der Waals surface area contributed by atoms with E-state index in [0.717, 1.165) is 42.3 Å². The SMILES string of the molecule is Cn1c(=O)n(C2CCC(=O)NC2=O)c2cccc(CC3CC4(CCN(C(=O)O)CC4)C3C(C)(C)C)c21. The van der Waals surface area contributed by atoms with Crippen LogP contribution in [0.4, 0.5) is 4.79 Å². The standard InChI is InChI=1S/C27H36N4O5/c1-26(2,3)22-17(15-27(22)10-12-30(13-11-27)25(35)36)14-16-6-5-7-18-21(16)29(4)24(34)31(18)19-8-9-20(32)28-23(19)33/h5-7,17,19,22H,8-15H2,1-4H3,(H,35,36)(H,28,32,33). The zero-order valence-corrected chi connectivity index (χ0v) is 21.5. The normalized spacial score (nSPS) is 26.2. The molecule has 2 aromatic rings. The Bertz CT molecular complexity index is 1290. The monoisotopic (exact) mass is 496 g/mol. The minimum Gasteiger partial charge on any atom is -0.465 e. The Balaban J connectivity index is 1.46. The smallest absolute Gasteiger partial charge is 0.407 e. The van der Waals surface area contributed by atoms with Gasteiger partial charge in [0.2, 0.25) is 11.8 Å². The minimum atomic E-state index is -0.832. The summed E-state index contributed by atoms with van der Waals surface area (Å²) in [5.41, 5.74) is 2.66. The Morgan fingerprint density at radius 1 is 1.17 bits per heavy atom. The second-order valence-corrected chi connectivity index (χ2v) is 12.1. The number of hydrogen-bond acceptors (Lipinski definition) is 4. The Kier molecular flexibility index (Phi) is 5.80. The van der Waals surface area contributed by atoms with Crippen molar-refractivity contribution >= 4 is 28.9 Å². The summed E-state index contributed by atoms with van der Waals surface area (Å²) in [6.07, 6.45) is 3.38. The van der Waals surface area contributed by atoms with E-state index in [9.17, 15) is 24.3 Å². The molecule has 2 aliphatic heterocycles. The molecule has 1 aliphatic carbocycles. The number of piperidine rings is 2. The number of benzene rings is 1. The van der Waals surface area contributed by atoms with Crippen LogP contribution in [-0.4, -0.2) is 50.1 Å². The van der Waals surface area contributed by atoms with Crippen molar-refractivity contribution in [2.24, 2.45) is 29.7 Å². The van der Waals surface area contributed by atoms with Crippen molar-refractivity contribution in [2.45, 2.75) is 65.3 Å². The van der Waals surface area contributed by atoms with Crippen LogP contribution in [0.25, 0.3) is 11.0 Å². The third kappa shape index (κ3) is 3.83. The summed E-state index contributed by atoms with van der Waals surface area (Å²) in [4.78, 5) is 50.5. The van der Waals surface area contributed by atoms with Crippen LogP contribution in [0.3, 0.4) is 0 Å². The van der Waals surface area contributed by atoms with Crippen LogP contribution >= 0.6 is 0 Å². The summed E-state index contributed by atoms with van der Waals surface area (Å²) in [6.45, 7) is 8.03. The molecule has 3 unspecified atom stereocenters. The molecule has 0 bridgehead atoms. The molecule has 2 saturated heterocycles. The molecular formula is C27H36N4O5. The molecule has 3 heterocycles. The van der Waals surface area contributed by atoms with Crippen molar-refractivity contribution in [2.75, 3.05) is 13.1 Å². The second kappa shape index (κ2) is 8.49. The van der Waals surface area contributed by atoms with Crippen LogP contribution < -0.4 is 11.0 Å². The molecule has 3 amide bonds. The van der Waals surface area contributed by atoms with Crippen LogP contribution in [-0.2, 0) is 23.1 Å². The molecule has 5 rings (SSSR count). The Labute approximate surface area is 210 Å². The Morgan fingerprint density at radius 3 is 2.47 bits per heavy atom. The number of likely N-dealkylation sites (tertiary alicyclic amines) is 1. The first-order chi connectivity index (χ1) is 16.9. The summed E-state index contributed by atoms with van der Waals surface area (Å²) in [5, 5.41) is 11.8. The van der Waals surface area contributed by atoms with Crippen molar-refractivity contribution in [1.82, 2.24) is 19.4 Å². The van der Waals surface area contributed by atoms with Crippen molar-refractivity contribution < 1.29 is 19.5 Å².